The van der Waals surface area contributed by atoms with Gasteiger partial charge >= 0.3 is 0 Å². The van der Waals surface area contributed by atoms with Gasteiger partial charge in [-0.3, -0.25) is 9.10 Å². The third-order valence-electron chi connectivity index (χ3n) is 4.50. The SMILES string of the molecule is O=C(Nc1ccc(S(=O)(=O)N2CCc3ccccc32)cc1)C1CC1. The molecule has 6 heteroatoms. The highest BCUT2D eigenvalue weighted by atomic mass is 32.2. The monoisotopic (exact) mass is 342 g/mol. The second kappa shape index (κ2) is 5.63. The highest BCUT2D eigenvalue weighted by Gasteiger charge is 2.31. The van der Waals surface area contributed by atoms with Crippen LogP contribution in [0.2, 0.25) is 0 Å². The molecular formula is C18H18N2O3S. The van der Waals surface area contributed by atoms with Crippen molar-refractivity contribution >= 4 is 27.3 Å². The van der Waals surface area contributed by atoms with E-state index in [0.717, 1.165) is 30.5 Å². The maximum absolute atomic E-state index is 12.9. The van der Waals surface area contributed by atoms with Gasteiger partial charge in [-0.1, -0.05) is 18.2 Å². The van der Waals surface area contributed by atoms with Crippen LogP contribution in [0.15, 0.2) is 53.4 Å². The molecule has 1 saturated carbocycles. The molecule has 0 atom stereocenters. The zero-order chi connectivity index (χ0) is 16.7. The lowest BCUT2D eigenvalue weighted by Gasteiger charge is -2.19. The Morgan fingerprint density at radius 1 is 1.04 bits per heavy atom. The number of sulfonamides is 1. The van der Waals surface area contributed by atoms with E-state index in [9.17, 15) is 13.2 Å². The van der Waals surface area contributed by atoms with Gasteiger partial charge in [-0.2, -0.15) is 0 Å². The Kier molecular flexibility index (Phi) is 3.57. The Morgan fingerprint density at radius 2 is 1.75 bits per heavy atom. The number of carbonyl (C=O) groups excluding carboxylic acids is 1. The molecule has 1 amide bonds. The number of fused-ring (bicyclic) bond motifs is 1. The van der Waals surface area contributed by atoms with Crippen molar-refractivity contribution in [3.63, 3.8) is 0 Å². The number of carbonyl (C=O) groups is 1. The summed E-state index contributed by atoms with van der Waals surface area (Å²) in [5.41, 5.74) is 2.44. The first-order chi connectivity index (χ1) is 11.6. The molecule has 2 aromatic rings. The van der Waals surface area contributed by atoms with Crippen LogP contribution in [0.1, 0.15) is 18.4 Å². The predicted molar refractivity (Wildman–Crippen MR) is 92.5 cm³/mol. The van der Waals surface area contributed by atoms with Gasteiger partial charge in [-0.25, -0.2) is 8.42 Å². The smallest absolute Gasteiger partial charge is 0.264 e. The van der Waals surface area contributed by atoms with Gasteiger partial charge < -0.3 is 5.32 Å². The van der Waals surface area contributed by atoms with Gasteiger partial charge in [0.05, 0.1) is 10.6 Å². The number of rotatable bonds is 4. The molecule has 1 aliphatic heterocycles. The van der Waals surface area contributed by atoms with E-state index in [1.54, 1.807) is 24.3 Å². The molecule has 0 spiro atoms. The maximum Gasteiger partial charge on any atom is 0.264 e. The molecule has 2 aromatic carbocycles. The van der Waals surface area contributed by atoms with Crippen LogP contribution >= 0.6 is 0 Å². The number of amides is 1. The number of anilines is 2. The Balaban J connectivity index is 1.57. The van der Waals surface area contributed by atoms with Crippen LogP contribution in [0.25, 0.3) is 0 Å². The van der Waals surface area contributed by atoms with Gasteiger partial charge in [0.1, 0.15) is 0 Å². The Labute approximate surface area is 141 Å². The summed E-state index contributed by atoms with van der Waals surface area (Å²) >= 11 is 0. The molecule has 0 unspecified atom stereocenters. The number of hydrogen-bond acceptors (Lipinski definition) is 3. The number of hydrogen-bond donors (Lipinski definition) is 1. The molecule has 4 rings (SSSR count). The highest BCUT2D eigenvalue weighted by molar-refractivity contribution is 7.92. The average Bonchev–Trinajstić information content (AvgIpc) is 3.34. The van der Waals surface area contributed by atoms with Crippen LogP contribution in [0.3, 0.4) is 0 Å². The van der Waals surface area contributed by atoms with Gasteiger partial charge in [0.2, 0.25) is 5.91 Å². The number of benzene rings is 2. The molecule has 0 radical (unpaired) electrons. The third kappa shape index (κ3) is 2.67. The summed E-state index contributed by atoms with van der Waals surface area (Å²) in [5.74, 6) is 0.133. The molecule has 2 aliphatic rings. The van der Waals surface area contributed by atoms with Crippen LogP contribution in [0.4, 0.5) is 11.4 Å². The van der Waals surface area contributed by atoms with Crippen molar-refractivity contribution < 1.29 is 13.2 Å². The van der Waals surface area contributed by atoms with Crippen molar-refractivity contribution in [2.45, 2.75) is 24.2 Å². The predicted octanol–water partition coefficient (Wildman–Crippen LogP) is 2.79. The zero-order valence-electron chi connectivity index (χ0n) is 13.1. The van der Waals surface area contributed by atoms with Crippen molar-refractivity contribution in [2.75, 3.05) is 16.2 Å². The van der Waals surface area contributed by atoms with E-state index in [4.69, 9.17) is 0 Å². The van der Waals surface area contributed by atoms with Crippen molar-refractivity contribution in [3.05, 3.63) is 54.1 Å². The summed E-state index contributed by atoms with van der Waals surface area (Å²) in [6, 6.07) is 14.0. The Hall–Kier alpha value is -2.34. The summed E-state index contributed by atoms with van der Waals surface area (Å²) in [4.78, 5) is 12.0. The molecular weight excluding hydrogens is 324 g/mol. The summed E-state index contributed by atoms with van der Waals surface area (Å²) in [6.45, 7) is 0.460. The van der Waals surface area contributed by atoms with E-state index in [0.29, 0.717) is 12.2 Å². The van der Waals surface area contributed by atoms with E-state index in [2.05, 4.69) is 5.32 Å². The first-order valence-electron chi connectivity index (χ1n) is 8.07. The number of para-hydroxylation sites is 1. The van der Waals surface area contributed by atoms with E-state index < -0.39 is 10.0 Å². The van der Waals surface area contributed by atoms with Gasteiger partial charge in [0, 0.05) is 18.2 Å². The summed E-state index contributed by atoms with van der Waals surface area (Å²) < 4.78 is 27.2. The topological polar surface area (TPSA) is 66.5 Å². The molecule has 5 nitrogen and oxygen atoms in total. The lowest BCUT2D eigenvalue weighted by Crippen LogP contribution is -2.29. The van der Waals surface area contributed by atoms with Gasteiger partial charge in [0.15, 0.2) is 0 Å². The Bertz CT molecular complexity index is 887. The van der Waals surface area contributed by atoms with Crippen LogP contribution in [0.5, 0.6) is 0 Å². The average molecular weight is 342 g/mol. The second-order valence-corrected chi connectivity index (χ2v) is 8.11. The zero-order valence-corrected chi connectivity index (χ0v) is 13.9. The van der Waals surface area contributed by atoms with Crippen molar-refractivity contribution in [3.8, 4) is 0 Å². The van der Waals surface area contributed by atoms with Crippen molar-refractivity contribution in [1.82, 2.24) is 0 Å². The fourth-order valence-electron chi connectivity index (χ4n) is 2.98. The van der Waals surface area contributed by atoms with Gasteiger partial charge in [-0.15, -0.1) is 0 Å². The maximum atomic E-state index is 12.9. The third-order valence-corrected chi connectivity index (χ3v) is 6.33. The number of nitrogens with one attached hydrogen (secondary N) is 1. The molecule has 0 saturated heterocycles. The molecule has 124 valence electrons. The quantitative estimate of drug-likeness (QED) is 0.929. The fourth-order valence-corrected chi connectivity index (χ4v) is 4.49. The summed E-state index contributed by atoms with van der Waals surface area (Å²) in [6.07, 6.45) is 2.60. The van der Waals surface area contributed by atoms with Crippen LogP contribution in [0, 0.1) is 5.92 Å². The van der Waals surface area contributed by atoms with E-state index in [1.807, 2.05) is 24.3 Å². The highest BCUT2D eigenvalue weighted by Crippen LogP contribution is 2.33. The lowest BCUT2D eigenvalue weighted by atomic mass is 10.2. The lowest BCUT2D eigenvalue weighted by molar-refractivity contribution is -0.117. The van der Waals surface area contributed by atoms with Gasteiger partial charge in [0.25, 0.3) is 10.0 Å². The second-order valence-electron chi connectivity index (χ2n) is 6.24. The molecule has 1 fully saturated rings. The number of nitrogens with zero attached hydrogens (tertiary/aromatic N) is 1. The molecule has 0 bridgehead atoms. The molecule has 1 N–H and O–H groups in total. The summed E-state index contributed by atoms with van der Waals surface area (Å²) in [5, 5.41) is 2.82. The minimum atomic E-state index is -3.58. The van der Waals surface area contributed by atoms with Crippen LogP contribution < -0.4 is 9.62 Å². The van der Waals surface area contributed by atoms with E-state index in [1.165, 1.54) is 4.31 Å². The molecule has 24 heavy (non-hydrogen) atoms. The first-order valence-corrected chi connectivity index (χ1v) is 9.51. The largest absolute Gasteiger partial charge is 0.326 e. The fraction of sp³-hybridized carbons (Fsp3) is 0.278. The van der Waals surface area contributed by atoms with Crippen LogP contribution in [-0.2, 0) is 21.2 Å². The van der Waals surface area contributed by atoms with E-state index in [-0.39, 0.29) is 16.7 Å². The first kappa shape index (κ1) is 15.2. The van der Waals surface area contributed by atoms with Crippen LogP contribution in [-0.4, -0.2) is 20.9 Å². The van der Waals surface area contributed by atoms with Crippen molar-refractivity contribution in [2.24, 2.45) is 5.92 Å². The minimum absolute atomic E-state index is 0.0130. The molecule has 0 aromatic heterocycles. The Morgan fingerprint density at radius 3 is 2.46 bits per heavy atom. The molecule has 1 aliphatic carbocycles. The van der Waals surface area contributed by atoms with Gasteiger partial charge in [-0.05, 0) is 55.2 Å². The summed E-state index contributed by atoms with van der Waals surface area (Å²) in [7, 11) is -3.58. The van der Waals surface area contributed by atoms with Crippen molar-refractivity contribution in [1.29, 1.82) is 0 Å². The standard InChI is InChI=1S/C18H18N2O3S/c21-18(14-5-6-14)19-15-7-9-16(10-8-15)24(22,23)20-12-11-13-3-1-2-4-17(13)20/h1-4,7-10,14H,5-6,11-12H2,(H,19,21). The minimum Gasteiger partial charge on any atom is -0.326 e. The molecule has 1 heterocycles. The normalized spacial score (nSPS) is 16.8. The van der Waals surface area contributed by atoms with E-state index >= 15 is 0 Å².